The first kappa shape index (κ1) is 22.5. The number of anilines is 1. The average Bonchev–Trinajstić information content (AvgIpc) is 2.83. The third-order valence-corrected chi connectivity index (χ3v) is 6.35. The minimum Gasteiger partial charge on any atom is -0.497 e. The molecule has 0 bridgehead atoms. The molecule has 8 heteroatoms. The molecule has 2 N–H and O–H groups in total. The number of nitrogens with one attached hydrogen (secondary N) is 2. The number of nitrogens with zero attached hydrogens (tertiary/aromatic N) is 4. The van der Waals surface area contributed by atoms with Gasteiger partial charge in [-0.25, -0.2) is 9.97 Å². The Kier molecular flexibility index (Phi) is 7.22. The van der Waals surface area contributed by atoms with Crippen LogP contribution in [0.1, 0.15) is 41.4 Å². The van der Waals surface area contributed by atoms with Crippen LogP contribution in [-0.2, 0) is 24.3 Å². The van der Waals surface area contributed by atoms with E-state index < -0.39 is 0 Å². The minimum atomic E-state index is 0.136. The number of hydrogen-bond donors (Lipinski definition) is 2. The van der Waals surface area contributed by atoms with Crippen molar-refractivity contribution in [3.8, 4) is 5.75 Å². The monoisotopic (exact) mass is 438 g/mol. The maximum absolute atomic E-state index is 13.0. The number of carbonyl (C=O) groups excluding carboxylic acids is 1. The largest absolute Gasteiger partial charge is 0.497 e. The second-order valence-corrected chi connectivity index (χ2v) is 8.73. The number of benzene rings is 1. The van der Waals surface area contributed by atoms with Gasteiger partial charge in [0.2, 0.25) is 5.91 Å². The summed E-state index contributed by atoms with van der Waals surface area (Å²) in [6.07, 6.45) is 3.03. The fourth-order valence-electron chi connectivity index (χ4n) is 4.55. The van der Waals surface area contributed by atoms with E-state index >= 15 is 0 Å². The molecular formula is C24H34N6O2. The number of ether oxygens (including phenoxy) is 1. The first-order valence-corrected chi connectivity index (χ1v) is 11.4. The molecule has 32 heavy (non-hydrogen) atoms. The highest BCUT2D eigenvalue weighted by atomic mass is 16.5. The molecule has 1 aromatic heterocycles. The van der Waals surface area contributed by atoms with E-state index in [0.717, 1.165) is 66.6 Å². The van der Waals surface area contributed by atoms with E-state index in [2.05, 4.69) is 15.5 Å². The van der Waals surface area contributed by atoms with Crippen LogP contribution in [0.3, 0.4) is 0 Å². The Morgan fingerprint density at radius 1 is 1.31 bits per heavy atom. The number of amides is 1. The summed E-state index contributed by atoms with van der Waals surface area (Å²) in [6.45, 7) is 4.32. The van der Waals surface area contributed by atoms with Crippen LogP contribution in [0.25, 0.3) is 0 Å². The van der Waals surface area contributed by atoms with Gasteiger partial charge in [-0.15, -0.1) is 0 Å². The van der Waals surface area contributed by atoms with E-state index in [4.69, 9.17) is 14.7 Å². The van der Waals surface area contributed by atoms with Gasteiger partial charge in [0.1, 0.15) is 17.4 Å². The van der Waals surface area contributed by atoms with E-state index in [1.807, 2.05) is 43.3 Å². The zero-order valence-electron chi connectivity index (χ0n) is 19.4. The molecule has 1 unspecified atom stereocenters. The van der Waals surface area contributed by atoms with E-state index in [1.165, 1.54) is 0 Å². The number of piperidine rings is 1. The molecule has 0 spiro atoms. The third-order valence-electron chi connectivity index (χ3n) is 6.35. The number of methoxy groups -OCH3 is 1. The van der Waals surface area contributed by atoms with E-state index in [0.29, 0.717) is 32.1 Å². The number of carbonyl (C=O) groups is 1. The lowest BCUT2D eigenvalue weighted by atomic mass is 9.97. The van der Waals surface area contributed by atoms with Crippen LogP contribution in [-0.4, -0.2) is 73.1 Å². The first-order chi connectivity index (χ1) is 15.6. The zero-order valence-corrected chi connectivity index (χ0v) is 19.4. The molecule has 1 aromatic carbocycles. The second-order valence-electron chi connectivity index (χ2n) is 8.73. The van der Waals surface area contributed by atoms with Crippen LogP contribution in [0.4, 0.5) is 5.82 Å². The minimum absolute atomic E-state index is 0.136. The quantitative estimate of drug-likeness (QED) is 0.684. The summed E-state index contributed by atoms with van der Waals surface area (Å²) in [5.74, 6) is 3.12. The average molecular weight is 439 g/mol. The fourth-order valence-corrected chi connectivity index (χ4v) is 4.55. The van der Waals surface area contributed by atoms with Crippen molar-refractivity contribution in [2.75, 3.05) is 52.7 Å². The van der Waals surface area contributed by atoms with Crippen LogP contribution in [0.15, 0.2) is 24.3 Å². The van der Waals surface area contributed by atoms with Gasteiger partial charge in [-0.1, -0.05) is 12.1 Å². The molecule has 172 valence electrons. The van der Waals surface area contributed by atoms with Gasteiger partial charge in [0, 0.05) is 38.2 Å². The second kappa shape index (κ2) is 10.3. The molecule has 4 rings (SSSR count). The summed E-state index contributed by atoms with van der Waals surface area (Å²) in [4.78, 5) is 26.8. The molecule has 3 heterocycles. The van der Waals surface area contributed by atoms with Gasteiger partial charge in [0.05, 0.1) is 25.9 Å². The molecule has 8 nitrogen and oxygen atoms in total. The first-order valence-electron chi connectivity index (χ1n) is 11.4. The molecule has 0 aliphatic carbocycles. The van der Waals surface area contributed by atoms with Gasteiger partial charge >= 0.3 is 0 Å². The molecule has 1 fully saturated rings. The van der Waals surface area contributed by atoms with Crippen LogP contribution in [0, 0.1) is 0 Å². The molecule has 2 aromatic rings. The third kappa shape index (κ3) is 5.19. The van der Waals surface area contributed by atoms with Crippen LogP contribution < -0.4 is 15.4 Å². The topological polar surface area (TPSA) is 82.6 Å². The predicted molar refractivity (Wildman–Crippen MR) is 125 cm³/mol. The lowest BCUT2D eigenvalue weighted by molar-refractivity contribution is -0.133. The number of hydrogen-bond acceptors (Lipinski definition) is 7. The molecule has 1 saturated heterocycles. The fraction of sp³-hybridized carbons (Fsp3) is 0.542. The van der Waals surface area contributed by atoms with Crippen LogP contribution in [0.5, 0.6) is 5.75 Å². The molecule has 1 atom stereocenters. The summed E-state index contributed by atoms with van der Waals surface area (Å²) in [5.41, 5.74) is 3.29. The summed E-state index contributed by atoms with van der Waals surface area (Å²) in [7, 11) is 5.56. The Hall–Kier alpha value is -2.71. The summed E-state index contributed by atoms with van der Waals surface area (Å²) in [6, 6.07) is 7.97. The number of aromatic nitrogens is 2. The normalized spacial score (nSPS) is 18.4. The Balaban J connectivity index is 1.41. The Morgan fingerprint density at radius 2 is 2.12 bits per heavy atom. The van der Waals surface area contributed by atoms with Crippen molar-refractivity contribution in [2.45, 2.75) is 38.3 Å². The van der Waals surface area contributed by atoms with Crippen LogP contribution >= 0.6 is 0 Å². The highest BCUT2D eigenvalue weighted by molar-refractivity contribution is 5.78. The van der Waals surface area contributed by atoms with Gasteiger partial charge in [0.15, 0.2) is 0 Å². The van der Waals surface area contributed by atoms with Crippen molar-refractivity contribution in [3.05, 3.63) is 46.9 Å². The summed E-state index contributed by atoms with van der Waals surface area (Å²) in [5, 5.41) is 6.70. The van der Waals surface area contributed by atoms with Crippen molar-refractivity contribution in [2.24, 2.45) is 0 Å². The van der Waals surface area contributed by atoms with Gasteiger partial charge in [-0.05, 0) is 50.6 Å². The maximum Gasteiger partial charge on any atom is 0.237 e. The lowest BCUT2D eigenvalue weighted by Crippen LogP contribution is -2.42. The molecule has 2 aliphatic rings. The molecule has 0 saturated carbocycles. The summed E-state index contributed by atoms with van der Waals surface area (Å²) < 4.78 is 5.22. The number of rotatable bonds is 7. The zero-order chi connectivity index (χ0) is 22.5. The van der Waals surface area contributed by atoms with E-state index in [1.54, 1.807) is 7.11 Å². The van der Waals surface area contributed by atoms with Crippen molar-refractivity contribution < 1.29 is 9.53 Å². The Bertz CT molecular complexity index is 927. The van der Waals surface area contributed by atoms with Crippen molar-refractivity contribution in [3.63, 3.8) is 0 Å². The smallest absolute Gasteiger partial charge is 0.237 e. The van der Waals surface area contributed by atoms with Crippen molar-refractivity contribution >= 4 is 11.7 Å². The van der Waals surface area contributed by atoms with Crippen molar-refractivity contribution in [1.29, 1.82) is 0 Å². The van der Waals surface area contributed by atoms with Crippen molar-refractivity contribution in [1.82, 2.24) is 25.1 Å². The van der Waals surface area contributed by atoms with Gasteiger partial charge in [0.25, 0.3) is 0 Å². The SMILES string of the molecule is CNc1nc(C2CCCNC2)nc2c1CCN(C(=O)CN(C)Cc1ccc(OC)cc1)C2. The molecule has 2 aliphatic heterocycles. The Labute approximate surface area is 190 Å². The molecule has 0 radical (unpaired) electrons. The van der Waals surface area contributed by atoms with Crippen LogP contribution in [0.2, 0.25) is 0 Å². The van der Waals surface area contributed by atoms with Gasteiger partial charge < -0.3 is 20.3 Å². The van der Waals surface area contributed by atoms with Gasteiger partial charge in [-0.2, -0.15) is 0 Å². The predicted octanol–water partition coefficient (Wildman–Crippen LogP) is 2.01. The molecular weight excluding hydrogens is 404 g/mol. The highest BCUT2D eigenvalue weighted by Crippen LogP contribution is 2.28. The molecule has 1 amide bonds. The Morgan fingerprint density at radius 3 is 2.81 bits per heavy atom. The number of likely N-dealkylation sites (N-methyl/N-ethyl adjacent to an activating group) is 1. The summed E-state index contributed by atoms with van der Waals surface area (Å²) >= 11 is 0. The maximum atomic E-state index is 13.0. The standard InChI is InChI=1S/C24H34N6O2/c1-25-24-20-10-12-30(15-21(20)27-23(28-24)18-5-4-11-26-13-18)22(31)16-29(2)14-17-6-8-19(32-3)9-7-17/h6-9,18,26H,4-5,10-16H2,1-3H3,(H,25,27,28). The number of fused-ring (bicyclic) bond motifs is 1. The highest BCUT2D eigenvalue weighted by Gasteiger charge is 2.27. The van der Waals surface area contributed by atoms with Gasteiger partial charge in [-0.3, -0.25) is 9.69 Å². The lowest BCUT2D eigenvalue weighted by Gasteiger charge is -2.31. The van der Waals surface area contributed by atoms with E-state index in [-0.39, 0.29) is 5.91 Å². The van der Waals surface area contributed by atoms with E-state index in [9.17, 15) is 4.79 Å².